The standard InChI is InChI=1S/C17H25NO3/c1-3-7-18-10-13(11-19)21-17-9-14-12(8-15(17)18)5-4-6-16(14)20-2/h4-6,13,15,17,19H,3,7-11H2,1-2H3/t13-,15?,17-/m1/s1. The summed E-state index contributed by atoms with van der Waals surface area (Å²) < 4.78 is 11.6. The lowest BCUT2D eigenvalue weighted by Gasteiger charge is -2.47. The average Bonchev–Trinajstić information content (AvgIpc) is 2.52. The summed E-state index contributed by atoms with van der Waals surface area (Å²) in [6, 6.07) is 6.72. The molecule has 1 N–H and O–H groups in total. The lowest BCUT2D eigenvalue weighted by Crippen LogP contribution is -2.58. The fourth-order valence-electron chi connectivity index (χ4n) is 3.75. The summed E-state index contributed by atoms with van der Waals surface area (Å²) in [6.45, 7) is 4.21. The van der Waals surface area contributed by atoms with Crippen LogP contribution in [0.25, 0.3) is 0 Å². The summed E-state index contributed by atoms with van der Waals surface area (Å²) in [4.78, 5) is 2.50. The van der Waals surface area contributed by atoms with Crippen molar-refractivity contribution in [2.75, 3.05) is 26.8 Å². The van der Waals surface area contributed by atoms with Gasteiger partial charge in [0.05, 0.1) is 25.9 Å². The molecule has 0 spiro atoms. The van der Waals surface area contributed by atoms with Gasteiger partial charge in [-0.15, -0.1) is 0 Å². The molecule has 1 aliphatic heterocycles. The van der Waals surface area contributed by atoms with Gasteiger partial charge < -0.3 is 14.6 Å². The molecule has 2 aliphatic rings. The molecule has 1 fully saturated rings. The molecule has 3 atom stereocenters. The minimum absolute atomic E-state index is 0.0611. The maximum absolute atomic E-state index is 9.49. The lowest BCUT2D eigenvalue weighted by atomic mass is 9.83. The van der Waals surface area contributed by atoms with Crippen LogP contribution >= 0.6 is 0 Å². The summed E-state index contributed by atoms with van der Waals surface area (Å²) in [6.07, 6.45) is 3.11. The fraction of sp³-hybridized carbons (Fsp3) is 0.647. The Balaban J connectivity index is 1.88. The zero-order valence-corrected chi connectivity index (χ0v) is 12.9. The highest BCUT2D eigenvalue weighted by molar-refractivity contribution is 5.43. The van der Waals surface area contributed by atoms with Crippen molar-refractivity contribution in [3.05, 3.63) is 29.3 Å². The molecule has 0 saturated carbocycles. The van der Waals surface area contributed by atoms with E-state index in [-0.39, 0.29) is 18.8 Å². The van der Waals surface area contributed by atoms with Crippen LogP contribution in [0.2, 0.25) is 0 Å². The highest BCUT2D eigenvalue weighted by Gasteiger charge is 2.40. The van der Waals surface area contributed by atoms with Gasteiger partial charge in [0.15, 0.2) is 0 Å². The molecule has 1 heterocycles. The highest BCUT2D eigenvalue weighted by atomic mass is 16.5. The number of hydrogen-bond donors (Lipinski definition) is 1. The molecule has 4 nitrogen and oxygen atoms in total. The van der Waals surface area contributed by atoms with Crippen LogP contribution in [0, 0.1) is 0 Å². The third-order valence-electron chi connectivity index (χ3n) is 4.70. The van der Waals surface area contributed by atoms with Gasteiger partial charge in [-0.3, -0.25) is 4.90 Å². The Morgan fingerprint density at radius 3 is 2.95 bits per heavy atom. The van der Waals surface area contributed by atoms with Gasteiger partial charge in [0, 0.05) is 19.0 Å². The van der Waals surface area contributed by atoms with E-state index in [0.29, 0.717) is 6.04 Å². The predicted molar refractivity (Wildman–Crippen MR) is 81.8 cm³/mol. The molecule has 1 unspecified atom stereocenters. The number of nitrogens with zero attached hydrogens (tertiary/aromatic N) is 1. The van der Waals surface area contributed by atoms with Crippen LogP contribution in [0.15, 0.2) is 18.2 Å². The summed E-state index contributed by atoms with van der Waals surface area (Å²) in [5.41, 5.74) is 2.65. The number of rotatable bonds is 4. The quantitative estimate of drug-likeness (QED) is 0.915. The van der Waals surface area contributed by atoms with E-state index in [4.69, 9.17) is 9.47 Å². The SMILES string of the molecule is CCCN1C[C@H](CO)O[C@@H]2Cc3c(cccc3OC)CC21. The maximum Gasteiger partial charge on any atom is 0.122 e. The molecular weight excluding hydrogens is 266 g/mol. The number of benzene rings is 1. The van der Waals surface area contributed by atoms with Crippen molar-refractivity contribution in [3.63, 3.8) is 0 Å². The molecule has 21 heavy (non-hydrogen) atoms. The van der Waals surface area contributed by atoms with Crippen LogP contribution < -0.4 is 4.74 Å². The van der Waals surface area contributed by atoms with E-state index in [1.807, 2.05) is 6.07 Å². The first kappa shape index (κ1) is 14.8. The van der Waals surface area contributed by atoms with Crippen molar-refractivity contribution in [2.24, 2.45) is 0 Å². The Hall–Kier alpha value is -1.10. The zero-order chi connectivity index (χ0) is 14.8. The maximum atomic E-state index is 9.49. The summed E-state index contributed by atoms with van der Waals surface area (Å²) in [5, 5.41) is 9.49. The Kier molecular flexibility index (Phi) is 4.48. The molecule has 1 aromatic rings. The number of fused-ring (bicyclic) bond motifs is 2. The largest absolute Gasteiger partial charge is 0.496 e. The summed E-state index contributed by atoms with van der Waals surface area (Å²) in [7, 11) is 1.73. The van der Waals surface area contributed by atoms with E-state index in [1.54, 1.807) is 7.11 Å². The molecule has 0 amide bonds. The molecule has 4 heteroatoms. The number of aliphatic hydroxyl groups excluding tert-OH is 1. The van der Waals surface area contributed by atoms with Gasteiger partial charge >= 0.3 is 0 Å². The Bertz CT molecular complexity index is 491. The first-order chi connectivity index (χ1) is 10.3. The Morgan fingerprint density at radius 1 is 1.38 bits per heavy atom. The van der Waals surface area contributed by atoms with Gasteiger partial charge in [0.25, 0.3) is 0 Å². The monoisotopic (exact) mass is 291 g/mol. The van der Waals surface area contributed by atoms with Crippen LogP contribution in [0.5, 0.6) is 5.75 Å². The number of aliphatic hydroxyl groups is 1. The molecule has 1 aliphatic carbocycles. The number of methoxy groups -OCH3 is 1. The first-order valence-electron chi connectivity index (χ1n) is 7.92. The number of ether oxygens (including phenoxy) is 2. The normalized spacial score (nSPS) is 28.8. The highest BCUT2D eigenvalue weighted by Crippen LogP contribution is 2.35. The second-order valence-corrected chi connectivity index (χ2v) is 6.05. The molecule has 0 aromatic heterocycles. The molecule has 0 radical (unpaired) electrons. The third kappa shape index (κ3) is 2.80. The second-order valence-electron chi connectivity index (χ2n) is 6.05. The van der Waals surface area contributed by atoms with Crippen LogP contribution in [-0.2, 0) is 17.6 Å². The number of hydrogen-bond acceptors (Lipinski definition) is 4. The summed E-state index contributed by atoms with van der Waals surface area (Å²) in [5.74, 6) is 0.961. The van der Waals surface area contributed by atoms with E-state index in [9.17, 15) is 5.11 Å². The van der Waals surface area contributed by atoms with Gasteiger partial charge in [0.1, 0.15) is 5.75 Å². The predicted octanol–water partition coefficient (Wildman–Crippen LogP) is 1.63. The minimum atomic E-state index is -0.0611. The number of morpholine rings is 1. The lowest BCUT2D eigenvalue weighted by molar-refractivity contribution is -0.135. The van der Waals surface area contributed by atoms with E-state index in [1.165, 1.54) is 11.1 Å². The Morgan fingerprint density at radius 2 is 2.24 bits per heavy atom. The van der Waals surface area contributed by atoms with E-state index in [0.717, 1.165) is 38.1 Å². The molecular formula is C17H25NO3. The second kappa shape index (κ2) is 6.34. The van der Waals surface area contributed by atoms with Gasteiger partial charge in [-0.2, -0.15) is 0 Å². The average molecular weight is 291 g/mol. The van der Waals surface area contributed by atoms with Crippen molar-refractivity contribution in [2.45, 2.75) is 44.4 Å². The van der Waals surface area contributed by atoms with E-state index in [2.05, 4.69) is 24.0 Å². The van der Waals surface area contributed by atoms with Crippen molar-refractivity contribution in [3.8, 4) is 5.75 Å². The van der Waals surface area contributed by atoms with Gasteiger partial charge in [-0.1, -0.05) is 19.1 Å². The minimum Gasteiger partial charge on any atom is -0.496 e. The van der Waals surface area contributed by atoms with E-state index >= 15 is 0 Å². The van der Waals surface area contributed by atoms with Crippen molar-refractivity contribution < 1.29 is 14.6 Å². The van der Waals surface area contributed by atoms with Crippen LogP contribution in [-0.4, -0.2) is 55.1 Å². The fourth-order valence-corrected chi connectivity index (χ4v) is 3.75. The van der Waals surface area contributed by atoms with Crippen LogP contribution in [0.3, 0.4) is 0 Å². The molecule has 1 aromatic carbocycles. The molecule has 1 saturated heterocycles. The zero-order valence-electron chi connectivity index (χ0n) is 12.9. The van der Waals surface area contributed by atoms with Gasteiger partial charge in [-0.05, 0) is 36.6 Å². The first-order valence-corrected chi connectivity index (χ1v) is 7.92. The van der Waals surface area contributed by atoms with Gasteiger partial charge in [0.2, 0.25) is 0 Å². The van der Waals surface area contributed by atoms with Crippen molar-refractivity contribution in [1.29, 1.82) is 0 Å². The molecule has 3 rings (SSSR count). The van der Waals surface area contributed by atoms with Crippen molar-refractivity contribution in [1.82, 2.24) is 4.90 Å². The Labute approximate surface area is 126 Å². The van der Waals surface area contributed by atoms with Gasteiger partial charge in [-0.25, -0.2) is 0 Å². The topological polar surface area (TPSA) is 41.9 Å². The molecule has 0 bridgehead atoms. The van der Waals surface area contributed by atoms with Crippen LogP contribution in [0.1, 0.15) is 24.5 Å². The molecule has 116 valence electrons. The summed E-state index contributed by atoms with van der Waals surface area (Å²) >= 11 is 0. The van der Waals surface area contributed by atoms with Crippen LogP contribution in [0.4, 0.5) is 0 Å². The third-order valence-corrected chi connectivity index (χ3v) is 4.70. The van der Waals surface area contributed by atoms with E-state index < -0.39 is 0 Å². The smallest absolute Gasteiger partial charge is 0.122 e. The van der Waals surface area contributed by atoms with Crippen molar-refractivity contribution >= 4 is 0 Å².